The fourth-order valence-corrected chi connectivity index (χ4v) is 7.44. The molecule has 6 aromatic carbocycles. The summed E-state index contributed by atoms with van der Waals surface area (Å²) in [5.41, 5.74) is 16.6. The summed E-state index contributed by atoms with van der Waals surface area (Å²) in [6, 6.07) is 48.7. The summed E-state index contributed by atoms with van der Waals surface area (Å²) in [4.78, 5) is 8.93. The lowest BCUT2D eigenvalue weighted by Crippen LogP contribution is -1.99. The predicted octanol–water partition coefficient (Wildman–Crippen LogP) is 14.6. The van der Waals surface area contributed by atoms with Gasteiger partial charge in [-0.3, -0.25) is 0 Å². The molecule has 8 rings (SSSR count). The van der Waals surface area contributed by atoms with Crippen molar-refractivity contribution >= 4 is 51.4 Å². The number of benzene rings is 6. The summed E-state index contributed by atoms with van der Waals surface area (Å²) in [5, 5.41) is 2.40. The molecule has 8 aromatic rings. The van der Waals surface area contributed by atoms with Crippen molar-refractivity contribution in [3.05, 3.63) is 210 Å². The van der Waals surface area contributed by atoms with Crippen molar-refractivity contribution in [1.29, 1.82) is 0 Å². The van der Waals surface area contributed by atoms with Gasteiger partial charge < -0.3 is 4.42 Å². The number of nitrogens with zero attached hydrogens (tertiary/aromatic N) is 2. The molecule has 0 bridgehead atoms. The Morgan fingerprint density at radius 1 is 0.696 bits per heavy atom. The highest BCUT2D eigenvalue weighted by Crippen LogP contribution is 2.42. The SMILES string of the molecule is C=Cc1c(C)c(-c2ccccc2C(=C)C(/C=C\c2ccccc2)=C/C)cc(-c2ccc3ccccc3c2)c1/C=C(\C)c1ccc(-c2nc3ncccc3o2)cc1. The monoisotopic (exact) mass is 722 g/mol. The molecule has 0 saturated heterocycles. The normalized spacial score (nSPS) is 12.1. The number of hydrogen-bond acceptors (Lipinski definition) is 3. The fourth-order valence-electron chi connectivity index (χ4n) is 7.44. The van der Waals surface area contributed by atoms with E-state index in [-0.39, 0.29) is 0 Å². The molecule has 0 aliphatic rings. The lowest BCUT2D eigenvalue weighted by molar-refractivity contribution is 0.619. The molecule has 0 unspecified atom stereocenters. The summed E-state index contributed by atoms with van der Waals surface area (Å²) >= 11 is 0. The number of fused-ring (bicyclic) bond motifs is 2. The Morgan fingerprint density at radius 3 is 2.20 bits per heavy atom. The molecule has 0 radical (unpaired) electrons. The Morgan fingerprint density at radius 2 is 1.43 bits per heavy atom. The zero-order valence-corrected chi connectivity index (χ0v) is 32.0. The molecule has 2 aromatic heterocycles. The lowest BCUT2D eigenvalue weighted by atomic mass is 9.82. The van der Waals surface area contributed by atoms with Gasteiger partial charge in [0.05, 0.1) is 0 Å². The van der Waals surface area contributed by atoms with E-state index in [0.29, 0.717) is 17.1 Å². The van der Waals surface area contributed by atoms with E-state index in [1.54, 1.807) is 6.20 Å². The fraction of sp³-hybridized carbons (Fsp3) is 0.0566. The van der Waals surface area contributed by atoms with Crippen molar-refractivity contribution in [2.24, 2.45) is 0 Å². The zero-order valence-electron chi connectivity index (χ0n) is 32.0. The molecule has 56 heavy (non-hydrogen) atoms. The second kappa shape index (κ2) is 15.7. The van der Waals surface area contributed by atoms with Crippen molar-refractivity contribution in [3.8, 4) is 33.7 Å². The van der Waals surface area contributed by atoms with E-state index in [1.807, 2.05) is 24.3 Å². The van der Waals surface area contributed by atoms with Gasteiger partial charge in [-0.2, -0.15) is 4.98 Å². The first-order valence-corrected chi connectivity index (χ1v) is 18.9. The third-order valence-corrected chi connectivity index (χ3v) is 10.5. The maximum absolute atomic E-state index is 6.00. The van der Waals surface area contributed by atoms with Crippen LogP contribution < -0.4 is 0 Å². The first-order valence-electron chi connectivity index (χ1n) is 18.9. The molecule has 0 atom stereocenters. The van der Waals surface area contributed by atoms with Crippen LogP contribution in [0.4, 0.5) is 0 Å². The highest BCUT2D eigenvalue weighted by molar-refractivity contribution is 5.98. The molecular weight excluding hydrogens is 681 g/mol. The van der Waals surface area contributed by atoms with Crippen LogP contribution >= 0.6 is 0 Å². The highest BCUT2D eigenvalue weighted by Gasteiger charge is 2.19. The van der Waals surface area contributed by atoms with Crippen LogP contribution in [0.25, 0.3) is 85.1 Å². The number of aromatic nitrogens is 2. The van der Waals surface area contributed by atoms with Crippen LogP contribution in [0.1, 0.15) is 47.2 Å². The van der Waals surface area contributed by atoms with E-state index in [1.165, 1.54) is 10.8 Å². The van der Waals surface area contributed by atoms with Crippen molar-refractivity contribution in [2.45, 2.75) is 20.8 Å². The van der Waals surface area contributed by atoms with E-state index in [4.69, 9.17) is 4.42 Å². The van der Waals surface area contributed by atoms with Crippen LogP contribution in [-0.4, -0.2) is 9.97 Å². The predicted molar refractivity (Wildman–Crippen MR) is 239 cm³/mol. The Bertz CT molecular complexity index is 2820. The van der Waals surface area contributed by atoms with Gasteiger partial charge in [0.25, 0.3) is 0 Å². The number of rotatable bonds is 10. The highest BCUT2D eigenvalue weighted by atomic mass is 16.3. The standard InChI is InChI=1S/C53H42N2O/c1-6-39(24-23-38-16-9-8-10-17-38)36(4)46-20-13-14-21-47(46)48-34-49(44-30-27-41-18-11-12-19-43(41)33-44)50(45(7-2)37(48)5)32-35(3)40-25-28-42(29-26-40)53-55-52-51(56-53)22-15-31-54-52/h6-34H,2,4H2,1,3,5H3/b24-23-,35-32+,39-6+. The van der Waals surface area contributed by atoms with Gasteiger partial charge in [0, 0.05) is 11.8 Å². The minimum absolute atomic E-state index is 0.558. The van der Waals surface area contributed by atoms with Crippen molar-refractivity contribution < 1.29 is 4.42 Å². The van der Waals surface area contributed by atoms with E-state index in [0.717, 1.165) is 77.9 Å². The molecular formula is C53H42N2O. The lowest BCUT2D eigenvalue weighted by Gasteiger charge is -2.21. The van der Waals surface area contributed by atoms with Crippen LogP contribution in [0.2, 0.25) is 0 Å². The number of allylic oxidation sites excluding steroid dienone is 5. The van der Waals surface area contributed by atoms with E-state index in [9.17, 15) is 0 Å². The van der Waals surface area contributed by atoms with Crippen LogP contribution in [-0.2, 0) is 0 Å². The summed E-state index contributed by atoms with van der Waals surface area (Å²) in [6.07, 6.45) is 12.5. The first-order chi connectivity index (χ1) is 27.4. The molecule has 270 valence electrons. The van der Waals surface area contributed by atoms with Gasteiger partial charge >= 0.3 is 0 Å². The van der Waals surface area contributed by atoms with Gasteiger partial charge in [-0.1, -0.05) is 147 Å². The average Bonchev–Trinajstić information content (AvgIpc) is 3.69. The molecule has 0 amide bonds. The number of oxazole rings is 1. The van der Waals surface area contributed by atoms with E-state index in [2.05, 4.69) is 190 Å². The zero-order chi connectivity index (χ0) is 38.6. The second-order valence-corrected chi connectivity index (χ2v) is 14.0. The summed E-state index contributed by atoms with van der Waals surface area (Å²) in [5.74, 6) is 0.558. The largest absolute Gasteiger partial charge is 0.434 e. The Balaban J connectivity index is 1.25. The third kappa shape index (κ3) is 7.11. The molecule has 0 spiro atoms. The molecule has 3 heteroatoms. The molecule has 0 N–H and O–H groups in total. The average molecular weight is 723 g/mol. The Kier molecular flexibility index (Phi) is 10.1. The van der Waals surface area contributed by atoms with Gasteiger partial charge in [0.15, 0.2) is 11.2 Å². The van der Waals surface area contributed by atoms with Gasteiger partial charge in [-0.25, -0.2) is 4.98 Å². The van der Waals surface area contributed by atoms with Gasteiger partial charge in [0.1, 0.15) is 0 Å². The molecule has 0 aliphatic heterocycles. The second-order valence-electron chi connectivity index (χ2n) is 14.0. The van der Waals surface area contributed by atoms with Crippen molar-refractivity contribution in [3.63, 3.8) is 0 Å². The summed E-state index contributed by atoms with van der Waals surface area (Å²) in [6.45, 7) is 15.5. The summed E-state index contributed by atoms with van der Waals surface area (Å²) < 4.78 is 6.00. The van der Waals surface area contributed by atoms with Gasteiger partial charge in [-0.15, -0.1) is 0 Å². The third-order valence-electron chi connectivity index (χ3n) is 10.5. The topological polar surface area (TPSA) is 38.9 Å². The quantitative estimate of drug-likeness (QED) is 0.104. The van der Waals surface area contributed by atoms with E-state index >= 15 is 0 Å². The smallest absolute Gasteiger partial charge is 0.228 e. The molecule has 2 heterocycles. The molecule has 0 aliphatic carbocycles. The van der Waals surface area contributed by atoms with Crippen molar-refractivity contribution in [2.75, 3.05) is 0 Å². The minimum Gasteiger partial charge on any atom is -0.434 e. The number of pyridine rings is 1. The number of hydrogen-bond donors (Lipinski definition) is 0. The molecule has 3 nitrogen and oxygen atoms in total. The molecule has 0 saturated carbocycles. The Labute approximate surface area is 329 Å². The van der Waals surface area contributed by atoms with Gasteiger partial charge in [-0.05, 0) is 140 Å². The van der Waals surface area contributed by atoms with Crippen LogP contribution in [0, 0.1) is 6.92 Å². The van der Waals surface area contributed by atoms with E-state index < -0.39 is 0 Å². The van der Waals surface area contributed by atoms with Crippen molar-refractivity contribution in [1.82, 2.24) is 9.97 Å². The van der Waals surface area contributed by atoms with Crippen LogP contribution in [0.3, 0.4) is 0 Å². The molecule has 0 fully saturated rings. The maximum Gasteiger partial charge on any atom is 0.228 e. The van der Waals surface area contributed by atoms with Crippen LogP contribution in [0.5, 0.6) is 0 Å². The minimum atomic E-state index is 0.558. The summed E-state index contributed by atoms with van der Waals surface area (Å²) in [7, 11) is 0. The maximum atomic E-state index is 6.00. The van der Waals surface area contributed by atoms with Gasteiger partial charge in [0.2, 0.25) is 5.89 Å². The first kappa shape index (κ1) is 35.9. The van der Waals surface area contributed by atoms with Crippen LogP contribution in [0.15, 0.2) is 181 Å². The Hall–Kier alpha value is -7.10.